The summed E-state index contributed by atoms with van der Waals surface area (Å²) in [6.07, 6.45) is 1.90. The van der Waals surface area contributed by atoms with Crippen molar-refractivity contribution < 1.29 is 4.39 Å². The highest BCUT2D eigenvalue weighted by atomic mass is 19.1. The zero-order chi connectivity index (χ0) is 11.4. The summed E-state index contributed by atoms with van der Waals surface area (Å²) in [5, 5.41) is 0. The summed E-state index contributed by atoms with van der Waals surface area (Å²) in [5.74, 6) is 0.343. The summed E-state index contributed by atoms with van der Waals surface area (Å²) in [7, 11) is 0. The van der Waals surface area contributed by atoms with Crippen LogP contribution in [0, 0.1) is 18.7 Å². The number of rotatable bonds is 4. The van der Waals surface area contributed by atoms with Crippen molar-refractivity contribution in [2.24, 2.45) is 11.7 Å². The van der Waals surface area contributed by atoms with Gasteiger partial charge < -0.3 is 5.73 Å². The van der Waals surface area contributed by atoms with E-state index in [9.17, 15) is 4.39 Å². The van der Waals surface area contributed by atoms with Gasteiger partial charge in [0, 0.05) is 6.04 Å². The van der Waals surface area contributed by atoms with Crippen molar-refractivity contribution in [3.8, 4) is 0 Å². The molecular formula is C13H20FN. The van der Waals surface area contributed by atoms with Crippen molar-refractivity contribution in [1.82, 2.24) is 0 Å². The molecule has 1 aromatic carbocycles. The van der Waals surface area contributed by atoms with E-state index in [0.717, 1.165) is 18.4 Å². The van der Waals surface area contributed by atoms with E-state index in [2.05, 4.69) is 13.8 Å². The molecule has 0 radical (unpaired) electrons. The second-order valence-corrected chi connectivity index (χ2v) is 4.52. The highest BCUT2D eigenvalue weighted by Gasteiger charge is 2.08. The molecule has 2 N–H and O–H groups in total. The minimum absolute atomic E-state index is 0.163. The summed E-state index contributed by atoms with van der Waals surface area (Å²) in [6, 6.07) is 5.19. The third kappa shape index (κ3) is 3.63. The molecule has 15 heavy (non-hydrogen) atoms. The lowest BCUT2D eigenvalue weighted by Crippen LogP contribution is -2.26. The van der Waals surface area contributed by atoms with Gasteiger partial charge in [-0.05, 0) is 48.9 Å². The Balaban J connectivity index is 2.58. The molecule has 1 atom stereocenters. The molecule has 1 rings (SSSR count). The number of aryl methyl sites for hydroxylation is 2. The number of nitrogens with two attached hydrogens (primary N) is 1. The minimum atomic E-state index is -0.163. The topological polar surface area (TPSA) is 26.0 Å². The van der Waals surface area contributed by atoms with Crippen molar-refractivity contribution in [2.45, 2.75) is 39.7 Å². The molecule has 0 aromatic heterocycles. The molecule has 0 saturated carbocycles. The van der Waals surface area contributed by atoms with E-state index in [1.54, 1.807) is 6.07 Å². The predicted octanol–water partition coefficient (Wildman–Crippen LogP) is 3.05. The van der Waals surface area contributed by atoms with Crippen molar-refractivity contribution in [1.29, 1.82) is 0 Å². The smallest absolute Gasteiger partial charge is 0.123 e. The molecule has 0 spiro atoms. The summed E-state index contributed by atoms with van der Waals surface area (Å²) >= 11 is 0. The number of hydrogen-bond donors (Lipinski definition) is 1. The van der Waals surface area contributed by atoms with Gasteiger partial charge in [-0.25, -0.2) is 4.39 Å². The SMILES string of the molecule is Cc1cc(F)ccc1CCC(N)C(C)C. The molecule has 1 unspecified atom stereocenters. The van der Waals surface area contributed by atoms with Crippen LogP contribution in [-0.2, 0) is 6.42 Å². The first-order chi connectivity index (χ1) is 7.00. The van der Waals surface area contributed by atoms with Gasteiger partial charge in [0.1, 0.15) is 5.82 Å². The van der Waals surface area contributed by atoms with Crippen LogP contribution < -0.4 is 5.73 Å². The first-order valence-electron chi connectivity index (χ1n) is 5.51. The van der Waals surface area contributed by atoms with Crippen molar-refractivity contribution in [2.75, 3.05) is 0 Å². The van der Waals surface area contributed by atoms with Crippen molar-refractivity contribution >= 4 is 0 Å². The Morgan fingerprint density at radius 1 is 1.33 bits per heavy atom. The molecule has 0 aliphatic heterocycles. The van der Waals surface area contributed by atoms with Crippen LogP contribution in [0.1, 0.15) is 31.4 Å². The lowest BCUT2D eigenvalue weighted by atomic mass is 9.96. The maximum absolute atomic E-state index is 12.8. The normalized spacial score (nSPS) is 13.2. The Kier molecular flexibility index (Phi) is 4.28. The molecule has 0 amide bonds. The van der Waals surface area contributed by atoms with Gasteiger partial charge in [-0.3, -0.25) is 0 Å². The van der Waals surface area contributed by atoms with Crippen LogP contribution in [0.15, 0.2) is 18.2 Å². The quantitative estimate of drug-likeness (QED) is 0.810. The van der Waals surface area contributed by atoms with Gasteiger partial charge in [0.2, 0.25) is 0 Å². The monoisotopic (exact) mass is 209 g/mol. The first-order valence-corrected chi connectivity index (χ1v) is 5.51. The van der Waals surface area contributed by atoms with Gasteiger partial charge >= 0.3 is 0 Å². The van der Waals surface area contributed by atoms with E-state index >= 15 is 0 Å². The molecule has 84 valence electrons. The maximum atomic E-state index is 12.8. The standard InChI is InChI=1S/C13H20FN/c1-9(2)13(15)7-5-11-4-6-12(14)8-10(11)3/h4,6,8-9,13H,5,7,15H2,1-3H3. The van der Waals surface area contributed by atoms with Crippen molar-refractivity contribution in [3.05, 3.63) is 35.1 Å². The number of halogens is 1. The Morgan fingerprint density at radius 3 is 2.53 bits per heavy atom. The molecule has 1 aromatic rings. The van der Waals surface area contributed by atoms with E-state index in [-0.39, 0.29) is 11.9 Å². The number of hydrogen-bond acceptors (Lipinski definition) is 1. The van der Waals surface area contributed by atoms with E-state index in [1.165, 1.54) is 11.6 Å². The van der Waals surface area contributed by atoms with Crippen LogP contribution in [0.25, 0.3) is 0 Å². The summed E-state index contributed by atoms with van der Waals surface area (Å²) < 4.78 is 12.8. The first kappa shape index (κ1) is 12.2. The molecule has 0 aliphatic carbocycles. The summed E-state index contributed by atoms with van der Waals surface area (Å²) in [6.45, 7) is 6.20. The van der Waals surface area contributed by atoms with Crippen LogP contribution in [0.2, 0.25) is 0 Å². The second kappa shape index (κ2) is 5.26. The predicted molar refractivity (Wildman–Crippen MR) is 62.3 cm³/mol. The van der Waals surface area contributed by atoms with Gasteiger partial charge in [0.15, 0.2) is 0 Å². The van der Waals surface area contributed by atoms with E-state index in [4.69, 9.17) is 5.73 Å². The summed E-state index contributed by atoms with van der Waals surface area (Å²) in [5.41, 5.74) is 8.19. The largest absolute Gasteiger partial charge is 0.327 e. The lowest BCUT2D eigenvalue weighted by molar-refractivity contribution is 0.464. The minimum Gasteiger partial charge on any atom is -0.327 e. The average Bonchev–Trinajstić information content (AvgIpc) is 2.15. The highest BCUT2D eigenvalue weighted by Crippen LogP contribution is 2.14. The number of benzene rings is 1. The van der Waals surface area contributed by atoms with Crippen LogP contribution in [0.3, 0.4) is 0 Å². The Bertz CT molecular complexity index is 320. The molecular weight excluding hydrogens is 189 g/mol. The fourth-order valence-electron chi connectivity index (χ4n) is 1.60. The molecule has 2 heteroatoms. The molecule has 0 fully saturated rings. The molecule has 1 nitrogen and oxygen atoms in total. The third-order valence-electron chi connectivity index (χ3n) is 2.91. The van der Waals surface area contributed by atoms with Crippen LogP contribution >= 0.6 is 0 Å². The van der Waals surface area contributed by atoms with Gasteiger partial charge in [-0.2, -0.15) is 0 Å². The zero-order valence-electron chi connectivity index (χ0n) is 9.76. The fraction of sp³-hybridized carbons (Fsp3) is 0.538. The molecule has 0 bridgehead atoms. The van der Waals surface area contributed by atoms with E-state index < -0.39 is 0 Å². The molecule has 0 heterocycles. The highest BCUT2D eigenvalue weighted by molar-refractivity contribution is 5.26. The summed E-state index contributed by atoms with van der Waals surface area (Å²) in [4.78, 5) is 0. The van der Waals surface area contributed by atoms with E-state index in [0.29, 0.717) is 5.92 Å². The van der Waals surface area contributed by atoms with Crippen LogP contribution in [0.5, 0.6) is 0 Å². The van der Waals surface area contributed by atoms with E-state index in [1.807, 2.05) is 13.0 Å². The zero-order valence-corrected chi connectivity index (χ0v) is 9.76. The Labute approximate surface area is 91.5 Å². The lowest BCUT2D eigenvalue weighted by Gasteiger charge is -2.15. The van der Waals surface area contributed by atoms with Gasteiger partial charge in [0.25, 0.3) is 0 Å². The Morgan fingerprint density at radius 2 is 2.00 bits per heavy atom. The van der Waals surface area contributed by atoms with Crippen molar-refractivity contribution in [3.63, 3.8) is 0 Å². The van der Waals surface area contributed by atoms with Crippen LogP contribution in [-0.4, -0.2) is 6.04 Å². The maximum Gasteiger partial charge on any atom is 0.123 e. The molecule has 0 aliphatic rings. The second-order valence-electron chi connectivity index (χ2n) is 4.52. The average molecular weight is 209 g/mol. The molecule has 0 saturated heterocycles. The van der Waals surface area contributed by atoms with Gasteiger partial charge in [-0.1, -0.05) is 19.9 Å². The third-order valence-corrected chi connectivity index (χ3v) is 2.91. The van der Waals surface area contributed by atoms with Gasteiger partial charge in [-0.15, -0.1) is 0 Å². The van der Waals surface area contributed by atoms with Gasteiger partial charge in [0.05, 0.1) is 0 Å². The fourth-order valence-corrected chi connectivity index (χ4v) is 1.60. The Hall–Kier alpha value is -0.890. The van der Waals surface area contributed by atoms with Crippen LogP contribution in [0.4, 0.5) is 4.39 Å².